The van der Waals surface area contributed by atoms with Crippen LogP contribution in [0, 0.1) is 0 Å². The molecule has 0 saturated carbocycles. The Labute approximate surface area is 208 Å². The Morgan fingerprint density at radius 3 is 2.61 bits per heavy atom. The maximum absolute atomic E-state index is 13.1. The van der Waals surface area contributed by atoms with Crippen molar-refractivity contribution in [3.8, 4) is 17.0 Å². The summed E-state index contributed by atoms with van der Waals surface area (Å²) in [7, 11) is 0. The molecule has 4 heterocycles. The molecule has 1 unspecified atom stereocenters. The molecule has 190 valence electrons. The van der Waals surface area contributed by atoms with Gasteiger partial charge in [0.15, 0.2) is 6.23 Å². The number of carbonyl (C=O) groups is 1. The number of rotatable bonds is 7. The van der Waals surface area contributed by atoms with Crippen LogP contribution < -0.4 is 15.0 Å². The second-order valence-electron chi connectivity index (χ2n) is 9.16. The van der Waals surface area contributed by atoms with Crippen molar-refractivity contribution in [3.05, 3.63) is 54.4 Å². The molecule has 2 aliphatic rings. The summed E-state index contributed by atoms with van der Waals surface area (Å²) >= 11 is 0. The van der Waals surface area contributed by atoms with E-state index in [1.165, 1.54) is 24.3 Å². The number of nitrogens with one attached hydrogen (secondary N) is 1. The van der Waals surface area contributed by atoms with E-state index in [2.05, 4.69) is 20.1 Å². The molecule has 1 N–H and O–H groups in total. The predicted molar refractivity (Wildman–Crippen MR) is 131 cm³/mol. The van der Waals surface area contributed by atoms with Crippen LogP contribution in [0.4, 0.5) is 20.3 Å². The van der Waals surface area contributed by atoms with Crippen LogP contribution in [0.25, 0.3) is 11.3 Å². The quantitative estimate of drug-likeness (QED) is 0.465. The van der Waals surface area contributed by atoms with Gasteiger partial charge in [-0.25, -0.2) is 9.67 Å². The summed E-state index contributed by atoms with van der Waals surface area (Å²) in [5.41, 5.74) is 2.52. The normalized spacial score (nSPS) is 18.3. The number of ether oxygens (including phenoxy) is 2. The lowest BCUT2D eigenvalue weighted by atomic mass is 10.1. The molecule has 2 saturated heterocycles. The topological polar surface area (TPSA) is 81.5 Å². The lowest BCUT2D eigenvalue weighted by Gasteiger charge is -2.26. The molecule has 0 aliphatic carbocycles. The number of alkyl halides is 2. The third-order valence-corrected chi connectivity index (χ3v) is 6.32. The van der Waals surface area contributed by atoms with Gasteiger partial charge in [0, 0.05) is 50.3 Å². The van der Waals surface area contributed by atoms with E-state index in [0.29, 0.717) is 24.8 Å². The van der Waals surface area contributed by atoms with Gasteiger partial charge in [0.25, 0.3) is 5.91 Å². The molecule has 1 aromatic carbocycles. The molecule has 3 aromatic rings. The SMILES string of the molecule is CC(F)(F)Oc1ccc(NC(=O)c2cnc(N3CCCC3)c(-c3ccnn3C3CCCCO3)c2)cc1. The van der Waals surface area contributed by atoms with Crippen LogP contribution in [0.1, 0.15) is 55.6 Å². The van der Waals surface area contributed by atoms with Crippen LogP contribution in [0.3, 0.4) is 0 Å². The fourth-order valence-electron chi connectivity index (χ4n) is 4.64. The van der Waals surface area contributed by atoms with Crippen molar-refractivity contribution in [2.24, 2.45) is 0 Å². The summed E-state index contributed by atoms with van der Waals surface area (Å²) in [4.78, 5) is 20.0. The summed E-state index contributed by atoms with van der Waals surface area (Å²) in [5, 5.41) is 7.34. The first-order valence-corrected chi connectivity index (χ1v) is 12.3. The van der Waals surface area contributed by atoms with Gasteiger partial charge >= 0.3 is 6.11 Å². The Kier molecular flexibility index (Phi) is 6.86. The Bertz CT molecular complexity index is 1200. The number of hydrogen-bond acceptors (Lipinski definition) is 6. The molecule has 8 nitrogen and oxygen atoms in total. The van der Waals surface area contributed by atoms with E-state index in [1.807, 2.05) is 16.8 Å². The highest BCUT2D eigenvalue weighted by Crippen LogP contribution is 2.35. The minimum Gasteiger partial charge on any atom is -0.433 e. The molecular weight excluding hydrogens is 468 g/mol. The van der Waals surface area contributed by atoms with E-state index in [4.69, 9.17) is 9.72 Å². The Morgan fingerprint density at radius 2 is 1.92 bits per heavy atom. The van der Waals surface area contributed by atoms with Gasteiger partial charge in [-0.3, -0.25) is 4.79 Å². The van der Waals surface area contributed by atoms with Gasteiger partial charge in [-0.05, 0) is 68.5 Å². The molecule has 0 bridgehead atoms. The first-order chi connectivity index (χ1) is 17.4. The maximum Gasteiger partial charge on any atom is 0.394 e. The van der Waals surface area contributed by atoms with Crippen molar-refractivity contribution in [1.82, 2.24) is 14.8 Å². The highest BCUT2D eigenvalue weighted by molar-refractivity contribution is 6.05. The Balaban J connectivity index is 1.42. The highest BCUT2D eigenvalue weighted by Gasteiger charge is 2.26. The lowest BCUT2D eigenvalue weighted by molar-refractivity contribution is -0.158. The summed E-state index contributed by atoms with van der Waals surface area (Å²) in [6.07, 6.45) is 5.07. The number of benzene rings is 1. The number of carbonyl (C=O) groups excluding carboxylic acids is 1. The van der Waals surface area contributed by atoms with Crippen LogP contribution in [0.2, 0.25) is 0 Å². The van der Waals surface area contributed by atoms with Crippen molar-refractivity contribution in [1.29, 1.82) is 0 Å². The Morgan fingerprint density at radius 1 is 1.14 bits per heavy atom. The van der Waals surface area contributed by atoms with E-state index in [-0.39, 0.29) is 17.9 Å². The molecule has 0 radical (unpaired) electrons. The molecule has 36 heavy (non-hydrogen) atoms. The van der Waals surface area contributed by atoms with Gasteiger partial charge in [0.1, 0.15) is 11.6 Å². The standard InChI is InChI=1S/C26H29F2N5O3/c1-26(27,28)36-20-9-7-19(8-10-20)31-25(34)18-16-21(24(29-17-18)32-13-3-4-14-32)22-11-12-30-33(22)23-6-2-5-15-35-23/h7-12,16-17,23H,2-6,13-15H2,1H3,(H,31,34). The fourth-order valence-corrected chi connectivity index (χ4v) is 4.64. The number of halogens is 2. The van der Waals surface area contributed by atoms with E-state index >= 15 is 0 Å². The number of aromatic nitrogens is 3. The van der Waals surface area contributed by atoms with Gasteiger partial charge in [-0.2, -0.15) is 13.9 Å². The molecule has 2 aliphatic heterocycles. The zero-order valence-corrected chi connectivity index (χ0v) is 20.1. The molecule has 2 aromatic heterocycles. The average molecular weight is 498 g/mol. The van der Waals surface area contributed by atoms with Crippen molar-refractivity contribution < 1.29 is 23.0 Å². The van der Waals surface area contributed by atoms with E-state index in [1.54, 1.807) is 12.4 Å². The molecule has 5 rings (SSSR count). The van der Waals surface area contributed by atoms with E-state index < -0.39 is 6.11 Å². The number of nitrogens with zero attached hydrogens (tertiary/aromatic N) is 4. The summed E-state index contributed by atoms with van der Waals surface area (Å²) < 4.78 is 38.6. The van der Waals surface area contributed by atoms with Crippen LogP contribution in [-0.4, -0.2) is 46.5 Å². The minimum atomic E-state index is -3.28. The van der Waals surface area contributed by atoms with Gasteiger partial charge in [-0.1, -0.05) is 0 Å². The third-order valence-electron chi connectivity index (χ3n) is 6.32. The second kappa shape index (κ2) is 10.2. The first kappa shape index (κ1) is 24.2. The molecule has 2 fully saturated rings. The minimum absolute atomic E-state index is 0.0117. The summed E-state index contributed by atoms with van der Waals surface area (Å²) in [6, 6.07) is 9.56. The predicted octanol–water partition coefficient (Wildman–Crippen LogP) is 5.49. The Hall–Kier alpha value is -3.53. The zero-order valence-electron chi connectivity index (χ0n) is 20.1. The molecular formula is C26H29F2N5O3. The maximum atomic E-state index is 13.1. The fraction of sp³-hybridized carbons (Fsp3) is 0.423. The molecule has 1 amide bonds. The number of hydrogen-bond donors (Lipinski definition) is 1. The highest BCUT2D eigenvalue weighted by atomic mass is 19.3. The van der Waals surface area contributed by atoms with Gasteiger partial charge < -0.3 is 19.7 Å². The van der Waals surface area contributed by atoms with Crippen LogP contribution in [-0.2, 0) is 4.74 Å². The average Bonchev–Trinajstić information content (AvgIpc) is 3.57. The number of amides is 1. The summed E-state index contributed by atoms with van der Waals surface area (Å²) in [6.45, 7) is 3.18. The zero-order chi connectivity index (χ0) is 25.1. The number of pyridine rings is 1. The molecule has 10 heteroatoms. The number of anilines is 2. The smallest absolute Gasteiger partial charge is 0.394 e. The monoisotopic (exact) mass is 497 g/mol. The van der Waals surface area contributed by atoms with E-state index in [9.17, 15) is 13.6 Å². The van der Waals surface area contributed by atoms with Crippen molar-refractivity contribution in [3.63, 3.8) is 0 Å². The van der Waals surface area contributed by atoms with Crippen molar-refractivity contribution >= 4 is 17.4 Å². The van der Waals surface area contributed by atoms with Crippen LogP contribution in [0.5, 0.6) is 5.75 Å². The lowest BCUT2D eigenvalue weighted by Crippen LogP contribution is -2.23. The first-order valence-electron chi connectivity index (χ1n) is 12.3. The third kappa shape index (κ3) is 5.48. The summed E-state index contributed by atoms with van der Waals surface area (Å²) in [5.74, 6) is 0.479. The van der Waals surface area contributed by atoms with Gasteiger partial charge in [0.05, 0.1) is 11.3 Å². The second-order valence-corrected chi connectivity index (χ2v) is 9.16. The van der Waals surface area contributed by atoms with Crippen molar-refractivity contribution in [2.75, 3.05) is 29.9 Å². The van der Waals surface area contributed by atoms with Crippen molar-refractivity contribution in [2.45, 2.75) is 51.4 Å². The van der Waals surface area contributed by atoms with Crippen LogP contribution in [0.15, 0.2) is 48.8 Å². The van der Waals surface area contributed by atoms with Crippen LogP contribution >= 0.6 is 0 Å². The molecule has 1 atom stereocenters. The van der Waals surface area contributed by atoms with Gasteiger partial charge in [-0.15, -0.1) is 0 Å². The van der Waals surface area contributed by atoms with Gasteiger partial charge in [0.2, 0.25) is 0 Å². The van der Waals surface area contributed by atoms with E-state index in [0.717, 1.165) is 62.3 Å². The largest absolute Gasteiger partial charge is 0.433 e. The molecule has 0 spiro atoms.